The molecule has 0 bridgehead atoms. The molecule has 0 saturated heterocycles. The molecule has 3 rings (SSSR count). The van der Waals surface area contributed by atoms with E-state index >= 15 is 0 Å². The van der Waals surface area contributed by atoms with Crippen molar-refractivity contribution in [2.24, 2.45) is 0 Å². The first-order valence-electron chi connectivity index (χ1n) is 8.37. The lowest BCUT2D eigenvalue weighted by atomic mass is 10.1. The zero-order valence-electron chi connectivity index (χ0n) is 15.4. The predicted octanol–water partition coefficient (Wildman–Crippen LogP) is 4.33. The first-order valence-corrected chi connectivity index (χ1v) is 8.37. The second-order valence-electron chi connectivity index (χ2n) is 6.08. The molecular formula is C20H15F3N4O2. The van der Waals surface area contributed by atoms with Gasteiger partial charge in [0.25, 0.3) is 5.91 Å². The van der Waals surface area contributed by atoms with Crippen LogP contribution in [-0.2, 0) is 6.18 Å². The van der Waals surface area contributed by atoms with Gasteiger partial charge >= 0.3 is 6.18 Å². The van der Waals surface area contributed by atoms with Crippen molar-refractivity contribution in [3.8, 4) is 17.5 Å². The van der Waals surface area contributed by atoms with E-state index in [1.54, 1.807) is 25.1 Å². The molecule has 1 N–H and O–H groups in total. The number of nitrogens with zero attached hydrogens (tertiary/aromatic N) is 3. The molecular weight excluding hydrogens is 385 g/mol. The summed E-state index contributed by atoms with van der Waals surface area (Å²) in [7, 11) is 1.34. The summed E-state index contributed by atoms with van der Waals surface area (Å²) in [6.07, 6.45) is -3.96. The second kappa shape index (κ2) is 7.67. The van der Waals surface area contributed by atoms with Crippen molar-refractivity contribution in [2.75, 3.05) is 12.4 Å². The van der Waals surface area contributed by atoms with Gasteiger partial charge < -0.3 is 10.1 Å². The number of aromatic nitrogens is 2. The Hall–Kier alpha value is -3.80. The largest absolute Gasteiger partial charge is 0.495 e. The van der Waals surface area contributed by atoms with Crippen molar-refractivity contribution in [2.45, 2.75) is 13.1 Å². The van der Waals surface area contributed by atoms with Crippen LogP contribution in [0.5, 0.6) is 5.75 Å². The fourth-order valence-electron chi connectivity index (χ4n) is 2.84. The monoisotopic (exact) mass is 400 g/mol. The highest BCUT2D eigenvalue weighted by molar-refractivity contribution is 6.06. The van der Waals surface area contributed by atoms with Crippen LogP contribution in [0, 0.1) is 18.3 Å². The lowest BCUT2D eigenvalue weighted by Gasteiger charge is -2.15. The Bertz CT molecular complexity index is 1110. The highest BCUT2D eigenvalue weighted by Crippen LogP contribution is 2.35. The average molecular weight is 400 g/mol. The summed E-state index contributed by atoms with van der Waals surface area (Å²) in [5.41, 5.74) is -0.773. The van der Waals surface area contributed by atoms with E-state index in [1.807, 2.05) is 6.07 Å². The summed E-state index contributed by atoms with van der Waals surface area (Å²) in [4.78, 5) is 12.7. The van der Waals surface area contributed by atoms with Gasteiger partial charge in [0.2, 0.25) is 0 Å². The van der Waals surface area contributed by atoms with Gasteiger partial charge in [-0.05, 0) is 36.8 Å². The van der Waals surface area contributed by atoms with Crippen LogP contribution in [-0.4, -0.2) is 22.8 Å². The summed E-state index contributed by atoms with van der Waals surface area (Å²) in [6.45, 7) is 1.65. The van der Waals surface area contributed by atoms with Gasteiger partial charge in [-0.25, -0.2) is 4.68 Å². The predicted molar refractivity (Wildman–Crippen MR) is 99.0 cm³/mol. The number of amides is 1. The lowest BCUT2D eigenvalue weighted by molar-refractivity contribution is -0.143. The Morgan fingerprint density at radius 3 is 2.59 bits per heavy atom. The number of aryl methyl sites for hydroxylation is 1. The number of para-hydroxylation sites is 1. The molecule has 0 radical (unpaired) electrons. The van der Waals surface area contributed by atoms with Gasteiger partial charge in [-0.2, -0.15) is 23.5 Å². The number of hydrogen-bond donors (Lipinski definition) is 1. The number of nitriles is 1. The molecule has 29 heavy (non-hydrogen) atoms. The van der Waals surface area contributed by atoms with Gasteiger partial charge in [0.15, 0.2) is 5.69 Å². The van der Waals surface area contributed by atoms with Crippen LogP contribution in [0.2, 0.25) is 0 Å². The molecule has 148 valence electrons. The van der Waals surface area contributed by atoms with Crippen molar-refractivity contribution in [1.82, 2.24) is 9.78 Å². The normalized spacial score (nSPS) is 11.0. The molecule has 0 atom stereocenters. The minimum absolute atomic E-state index is 0.0771. The average Bonchev–Trinajstić information content (AvgIpc) is 3.14. The second-order valence-corrected chi connectivity index (χ2v) is 6.08. The molecule has 3 aromatic rings. The Morgan fingerprint density at radius 1 is 1.24 bits per heavy atom. The maximum absolute atomic E-state index is 13.8. The topological polar surface area (TPSA) is 79.9 Å². The van der Waals surface area contributed by atoms with Crippen molar-refractivity contribution in [3.05, 3.63) is 71.0 Å². The summed E-state index contributed by atoms with van der Waals surface area (Å²) >= 11 is 0. The van der Waals surface area contributed by atoms with Gasteiger partial charge in [-0.3, -0.25) is 4.79 Å². The molecule has 0 aliphatic heterocycles. The molecule has 0 aliphatic carbocycles. The molecule has 0 aliphatic rings. The number of halogens is 3. The maximum atomic E-state index is 13.8. The molecule has 0 fully saturated rings. The summed E-state index contributed by atoms with van der Waals surface area (Å²) in [5, 5.41) is 15.2. The van der Waals surface area contributed by atoms with Crippen molar-refractivity contribution >= 4 is 11.6 Å². The number of rotatable bonds is 4. The quantitative estimate of drug-likeness (QED) is 0.707. The summed E-state index contributed by atoms with van der Waals surface area (Å²) in [6, 6.07) is 12.5. The van der Waals surface area contributed by atoms with Crippen molar-refractivity contribution in [1.29, 1.82) is 5.26 Å². The number of carbonyl (C=O) groups is 1. The maximum Gasteiger partial charge on any atom is 0.434 e. The number of hydrogen-bond acceptors (Lipinski definition) is 4. The molecule has 9 heteroatoms. The van der Waals surface area contributed by atoms with E-state index in [0.717, 1.165) is 6.20 Å². The van der Waals surface area contributed by atoms with Crippen LogP contribution in [0.25, 0.3) is 5.69 Å². The van der Waals surface area contributed by atoms with E-state index in [2.05, 4.69) is 10.4 Å². The van der Waals surface area contributed by atoms with E-state index in [0.29, 0.717) is 10.2 Å². The van der Waals surface area contributed by atoms with Gasteiger partial charge in [-0.15, -0.1) is 0 Å². The number of anilines is 1. The van der Waals surface area contributed by atoms with E-state index in [9.17, 15) is 18.0 Å². The van der Waals surface area contributed by atoms with Crippen LogP contribution in [0.3, 0.4) is 0 Å². The molecule has 1 heterocycles. The third-order valence-electron chi connectivity index (χ3n) is 4.20. The highest BCUT2D eigenvalue weighted by atomic mass is 19.4. The first-order chi connectivity index (χ1) is 13.8. The molecule has 2 aromatic carbocycles. The standard InChI is InChI=1S/C20H15F3N4O2/c1-12-5-3-4-6-16(12)27-18(20(21,22)23)14(11-25-27)19(28)26-15-9-13(10-24)7-8-17(15)29-2/h3-9,11H,1-2H3,(H,26,28). The lowest BCUT2D eigenvalue weighted by Crippen LogP contribution is -2.21. The fraction of sp³-hybridized carbons (Fsp3) is 0.150. The van der Waals surface area contributed by atoms with Crippen molar-refractivity contribution < 1.29 is 22.7 Å². The van der Waals surface area contributed by atoms with Gasteiger partial charge in [0.1, 0.15) is 5.75 Å². The van der Waals surface area contributed by atoms with E-state index in [-0.39, 0.29) is 22.7 Å². The number of carbonyl (C=O) groups excluding carboxylic acids is 1. The molecule has 0 unspecified atom stereocenters. The smallest absolute Gasteiger partial charge is 0.434 e. The number of alkyl halides is 3. The van der Waals surface area contributed by atoms with Crippen LogP contribution < -0.4 is 10.1 Å². The van der Waals surface area contributed by atoms with Crippen LogP contribution >= 0.6 is 0 Å². The molecule has 0 saturated carbocycles. The zero-order chi connectivity index (χ0) is 21.2. The number of nitrogens with one attached hydrogen (secondary N) is 1. The van der Waals surface area contributed by atoms with Gasteiger partial charge in [0, 0.05) is 0 Å². The number of ether oxygens (including phenoxy) is 1. The minimum Gasteiger partial charge on any atom is -0.495 e. The first kappa shape index (κ1) is 19.9. The highest BCUT2D eigenvalue weighted by Gasteiger charge is 2.40. The molecule has 1 amide bonds. The van der Waals surface area contributed by atoms with Crippen molar-refractivity contribution in [3.63, 3.8) is 0 Å². The van der Waals surface area contributed by atoms with Gasteiger partial charge in [-0.1, -0.05) is 18.2 Å². The minimum atomic E-state index is -4.83. The molecule has 6 nitrogen and oxygen atoms in total. The van der Waals surface area contributed by atoms with E-state index < -0.39 is 23.3 Å². The third kappa shape index (κ3) is 3.91. The Labute approximate surface area is 164 Å². The van der Waals surface area contributed by atoms with Crippen LogP contribution in [0.4, 0.5) is 18.9 Å². The Balaban J connectivity index is 2.07. The SMILES string of the molecule is COc1ccc(C#N)cc1NC(=O)c1cnn(-c2ccccc2C)c1C(F)(F)F. The fourth-order valence-corrected chi connectivity index (χ4v) is 2.84. The number of benzene rings is 2. The summed E-state index contributed by atoms with van der Waals surface area (Å²) in [5.74, 6) is -0.817. The van der Waals surface area contributed by atoms with E-state index in [1.165, 1.54) is 31.4 Å². The summed E-state index contributed by atoms with van der Waals surface area (Å²) < 4.78 is 47.2. The van der Waals surface area contributed by atoms with Crippen LogP contribution in [0.1, 0.15) is 27.2 Å². The number of methoxy groups -OCH3 is 1. The third-order valence-corrected chi connectivity index (χ3v) is 4.20. The molecule has 0 spiro atoms. The Morgan fingerprint density at radius 2 is 1.97 bits per heavy atom. The Kier molecular flexibility index (Phi) is 5.28. The van der Waals surface area contributed by atoms with Gasteiger partial charge in [0.05, 0.1) is 41.9 Å². The zero-order valence-corrected chi connectivity index (χ0v) is 15.4. The van der Waals surface area contributed by atoms with Crippen LogP contribution in [0.15, 0.2) is 48.7 Å². The molecule has 1 aromatic heterocycles. The van der Waals surface area contributed by atoms with E-state index in [4.69, 9.17) is 10.00 Å².